The van der Waals surface area contributed by atoms with Gasteiger partial charge in [0, 0.05) is 49.9 Å². The van der Waals surface area contributed by atoms with E-state index in [4.69, 9.17) is 4.42 Å². The van der Waals surface area contributed by atoms with Gasteiger partial charge in [-0.2, -0.15) is 0 Å². The Morgan fingerprint density at radius 2 is 1.88 bits per heavy atom. The fourth-order valence-electron chi connectivity index (χ4n) is 4.80. The second-order valence-electron chi connectivity index (χ2n) is 9.89. The molecule has 3 aromatic heterocycles. The quantitative estimate of drug-likeness (QED) is 0.291. The summed E-state index contributed by atoms with van der Waals surface area (Å²) in [6, 6.07) is 11.0. The van der Waals surface area contributed by atoms with Gasteiger partial charge in [-0.25, -0.2) is 9.37 Å². The fraction of sp³-hybridized carbons (Fsp3) is 0.321. The molecule has 40 heavy (non-hydrogen) atoms. The van der Waals surface area contributed by atoms with E-state index in [0.29, 0.717) is 57.2 Å². The Hall–Kier alpha value is -4.03. The van der Waals surface area contributed by atoms with Crippen molar-refractivity contribution < 1.29 is 8.81 Å². The van der Waals surface area contributed by atoms with Gasteiger partial charge in [-0.05, 0) is 45.2 Å². The Balaban J connectivity index is 1.24. The predicted molar refractivity (Wildman–Crippen MR) is 153 cm³/mol. The number of fused-ring (bicyclic) bond motifs is 1. The number of nitrogens with one attached hydrogen (secondary N) is 1. The number of aromatic amines is 1. The van der Waals surface area contributed by atoms with Gasteiger partial charge in [0.05, 0.1) is 22.5 Å². The van der Waals surface area contributed by atoms with Gasteiger partial charge < -0.3 is 18.8 Å². The fourth-order valence-corrected chi connectivity index (χ4v) is 5.44. The number of aromatic nitrogens is 6. The zero-order valence-corrected chi connectivity index (χ0v) is 23.3. The van der Waals surface area contributed by atoms with Crippen molar-refractivity contribution >= 4 is 28.4 Å². The molecule has 6 rings (SSSR count). The maximum Gasteiger partial charge on any atom is 0.247 e. The number of aryl methyl sites for hydroxylation is 2. The van der Waals surface area contributed by atoms with Crippen LogP contribution in [0.1, 0.15) is 18.4 Å². The number of likely N-dealkylation sites (N-methyl/N-ethyl adjacent to an activating group) is 1. The van der Waals surface area contributed by atoms with Crippen molar-refractivity contribution in [3.8, 4) is 22.8 Å². The van der Waals surface area contributed by atoms with Crippen LogP contribution in [-0.2, 0) is 12.3 Å². The van der Waals surface area contributed by atoms with Crippen molar-refractivity contribution in [3.05, 3.63) is 70.1 Å². The number of piperazine rings is 1. The molecule has 0 spiro atoms. The smallest absolute Gasteiger partial charge is 0.247 e. The molecule has 12 heteroatoms. The van der Waals surface area contributed by atoms with E-state index in [1.165, 1.54) is 17.8 Å². The summed E-state index contributed by atoms with van der Waals surface area (Å²) < 4.78 is 23.0. The predicted octanol–water partition coefficient (Wildman–Crippen LogP) is 4.35. The van der Waals surface area contributed by atoms with Crippen LogP contribution in [0.3, 0.4) is 0 Å². The van der Waals surface area contributed by atoms with E-state index in [0.717, 1.165) is 37.3 Å². The highest BCUT2D eigenvalue weighted by Crippen LogP contribution is 2.28. The van der Waals surface area contributed by atoms with E-state index in [2.05, 4.69) is 37.3 Å². The van der Waals surface area contributed by atoms with Crippen LogP contribution in [0, 0.1) is 12.7 Å². The van der Waals surface area contributed by atoms with Crippen LogP contribution >= 0.6 is 11.8 Å². The molecule has 1 N–H and O–H groups in total. The highest BCUT2D eigenvalue weighted by Gasteiger charge is 2.21. The monoisotopic (exact) mass is 560 g/mol. The zero-order chi connectivity index (χ0) is 27.8. The lowest BCUT2D eigenvalue weighted by atomic mass is 10.1. The second-order valence-corrected chi connectivity index (χ2v) is 10.8. The first kappa shape index (κ1) is 26.2. The molecule has 0 radical (unpaired) electrons. The van der Waals surface area contributed by atoms with Crippen molar-refractivity contribution in [2.45, 2.75) is 31.3 Å². The highest BCUT2D eigenvalue weighted by molar-refractivity contribution is 7.98. The van der Waals surface area contributed by atoms with E-state index >= 15 is 4.39 Å². The summed E-state index contributed by atoms with van der Waals surface area (Å²) in [5.74, 6) is 1.19. The van der Waals surface area contributed by atoms with Crippen LogP contribution in [-0.4, -0.2) is 68.1 Å². The summed E-state index contributed by atoms with van der Waals surface area (Å²) in [5.41, 5.74) is 3.26. The molecule has 10 nitrogen and oxygen atoms in total. The number of hydrogen-bond donors (Lipinski definition) is 1. The van der Waals surface area contributed by atoms with Crippen LogP contribution in [0.15, 0.2) is 57.0 Å². The van der Waals surface area contributed by atoms with E-state index < -0.39 is 5.82 Å². The van der Waals surface area contributed by atoms with Crippen molar-refractivity contribution in [2.24, 2.45) is 0 Å². The van der Waals surface area contributed by atoms with E-state index in [-0.39, 0.29) is 5.43 Å². The number of hydrogen-bond acceptors (Lipinski definition) is 9. The first-order chi connectivity index (χ1) is 19.4. The number of H-pyrrole nitrogens is 1. The average molecular weight is 561 g/mol. The lowest BCUT2D eigenvalue weighted by molar-refractivity contribution is 0.312. The van der Waals surface area contributed by atoms with Crippen LogP contribution in [0.4, 0.5) is 10.1 Å². The molecule has 206 valence electrons. The van der Waals surface area contributed by atoms with Gasteiger partial charge in [-0.3, -0.25) is 9.89 Å². The average Bonchev–Trinajstić information content (AvgIpc) is 3.63. The molecule has 0 aliphatic carbocycles. The largest absolute Gasteiger partial charge is 0.420 e. The molecule has 1 saturated heterocycles. The SMILES string of the molecule is CCn1cc(-c2nc(SCc3nnc(-c4ccc(C)cc4)o3)n[nH]2)c(=O)c2cc(F)c(N3CCN(C)CC3)cc21. The van der Waals surface area contributed by atoms with Gasteiger partial charge in [-0.15, -0.1) is 15.3 Å². The Kier molecular flexibility index (Phi) is 7.11. The maximum absolute atomic E-state index is 15.3. The van der Waals surface area contributed by atoms with Crippen molar-refractivity contribution in [1.82, 2.24) is 34.8 Å². The number of anilines is 1. The second kappa shape index (κ2) is 10.9. The van der Waals surface area contributed by atoms with Gasteiger partial charge in [-0.1, -0.05) is 29.5 Å². The van der Waals surface area contributed by atoms with Crippen molar-refractivity contribution in [3.63, 3.8) is 0 Å². The topological polar surface area (TPSA) is 109 Å². The van der Waals surface area contributed by atoms with E-state index in [9.17, 15) is 4.79 Å². The lowest BCUT2D eigenvalue weighted by Gasteiger charge is -2.34. The first-order valence-corrected chi connectivity index (χ1v) is 14.1. The molecule has 1 aliphatic rings. The molecule has 4 heterocycles. The highest BCUT2D eigenvalue weighted by atomic mass is 32.2. The summed E-state index contributed by atoms with van der Waals surface area (Å²) in [6.45, 7) is 7.82. The standard InChI is InChI=1S/C28H29FN8O2S/c1-4-36-15-20(25(38)19-13-21(29)23(14-22(19)36)37-11-9-35(3)10-12-37)26-30-28(34-32-26)40-16-24-31-33-27(39-24)18-7-5-17(2)6-8-18/h5-8,13-15H,4,9-12,16H2,1-3H3,(H,30,32,34). The van der Waals surface area contributed by atoms with Gasteiger partial charge >= 0.3 is 0 Å². The van der Waals surface area contributed by atoms with E-state index in [1.807, 2.05) is 47.6 Å². The number of thioether (sulfide) groups is 1. The summed E-state index contributed by atoms with van der Waals surface area (Å²) in [5, 5.41) is 16.1. The molecule has 0 amide bonds. The molecule has 0 unspecified atom stereocenters. The number of rotatable bonds is 7. The van der Waals surface area contributed by atoms with Crippen molar-refractivity contribution in [1.29, 1.82) is 0 Å². The molecule has 5 aromatic rings. The molecule has 2 aromatic carbocycles. The van der Waals surface area contributed by atoms with Crippen LogP contribution in [0.5, 0.6) is 0 Å². The Morgan fingerprint density at radius 3 is 2.62 bits per heavy atom. The first-order valence-electron chi connectivity index (χ1n) is 13.1. The van der Waals surface area contributed by atoms with Crippen LogP contribution in [0.2, 0.25) is 0 Å². The van der Waals surface area contributed by atoms with Gasteiger partial charge in [0.2, 0.25) is 16.9 Å². The minimum atomic E-state index is -0.396. The number of benzene rings is 2. The summed E-state index contributed by atoms with van der Waals surface area (Å²) in [6.07, 6.45) is 1.76. The Labute approximate surface area is 234 Å². The maximum atomic E-state index is 15.3. The molecule has 0 saturated carbocycles. The molecular formula is C28H29FN8O2S. The van der Waals surface area contributed by atoms with E-state index in [1.54, 1.807) is 12.3 Å². The molecule has 1 aliphatic heterocycles. The van der Waals surface area contributed by atoms with Crippen molar-refractivity contribution in [2.75, 3.05) is 38.1 Å². The van der Waals surface area contributed by atoms with Crippen LogP contribution in [0.25, 0.3) is 33.7 Å². The minimum Gasteiger partial charge on any atom is -0.420 e. The molecule has 0 bridgehead atoms. The Bertz CT molecular complexity index is 1720. The molecular weight excluding hydrogens is 531 g/mol. The van der Waals surface area contributed by atoms with Gasteiger partial charge in [0.15, 0.2) is 11.3 Å². The number of halogens is 1. The Morgan fingerprint density at radius 1 is 1.10 bits per heavy atom. The molecule has 1 fully saturated rings. The third-order valence-electron chi connectivity index (χ3n) is 7.14. The zero-order valence-electron chi connectivity index (χ0n) is 22.5. The number of nitrogens with zero attached hydrogens (tertiary/aromatic N) is 7. The third-order valence-corrected chi connectivity index (χ3v) is 7.98. The van der Waals surface area contributed by atoms with Crippen LogP contribution < -0.4 is 10.3 Å². The minimum absolute atomic E-state index is 0.295. The summed E-state index contributed by atoms with van der Waals surface area (Å²) in [7, 11) is 2.06. The summed E-state index contributed by atoms with van der Waals surface area (Å²) in [4.78, 5) is 22.3. The normalized spacial score (nSPS) is 14.3. The third kappa shape index (κ3) is 5.11. The number of pyridine rings is 1. The lowest BCUT2D eigenvalue weighted by Crippen LogP contribution is -2.44. The summed E-state index contributed by atoms with van der Waals surface area (Å²) >= 11 is 1.31. The van der Waals surface area contributed by atoms with Gasteiger partial charge in [0.1, 0.15) is 5.82 Å². The molecule has 0 atom stereocenters. The van der Waals surface area contributed by atoms with Gasteiger partial charge in [0.25, 0.3) is 0 Å².